The van der Waals surface area contributed by atoms with E-state index in [2.05, 4.69) is 4.98 Å². The second-order valence-corrected chi connectivity index (χ2v) is 3.86. The first-order chi connectivity index (χ1) is 7.19. The van der Waals surface area contributed by atoms with E-state index in [4.69, 9.17) is 16.0 Å². The van der Waals surface area contributed by atoms with Crippen LogP contribution in [0.25, 0.3) is 11.1 Å². The fraction of sp³-hybridized carbons (Fsp3) is 0.364. The summed E-state index contributed by atoms with van der Waals surface area (Å²) < 4.78 is 5.35. The molecule has 80 valence electrons. The highest BCUT2D eigenvalue weighted by Crippen LogP contribution is 2.17. The van der Waals surface area contributed by atoms with Crippen molar-refractivity contribution in [3.05, 3.63) is 29.7 Å². The van der Waals surface area contributed by atoms with Crippen LogP contribution in [-0.2, 0) is 6.42 Å². The zero-order valence-electron chi connectivity index (χ0n) is 8.40. The Morgan fingerprint density at radius 2 is 2.33 bits per heavy atom. The summed E-state index contributed by atoms with van der Waals surface area (Å²) >= 11 is 5.54. The number of aliphatic hydroxyl groups excluding tert-OH is 1. The van der Waals surface area contributed by atoms with Crippen molar-refractivity contribution in [3.63, 3.8) is 0 Å². The first-order valence-electron chi connectivity index (χ1n) is 4.79. The molecule has 15 heavy (non-hydrogen) atoms. The van der Waals surface area contributed by atoms with Crippen LogP contribution >= 0.6 is 11.6 Å². The van der Waals surface area contributed by atoms with Gasteiger partial charge in [0.05, 0.1) is 6.10 Å². The molecule has 0 spiro atoms. The van der Waals surface area contributed by atoms with Crippen LogP contribution in [-0.4, -0.2) is 22.1 Å². The molecule has 0 aliphatic heterocycles. The van der Waals surface area contributed by atoms with Crippen molar-refractivity contribution < 1.29 is 9.52 Å². The van der Waals surface area contributed by atoms with Crippen molar-refractivity contribution >= 4 is 22.7 Å². The fourth-order valence-electron chi connectivity index (χ4n) is 1.54. The van der Waals surface area contributed by atoms with Crippen molar-refractivity contribution in [1.82, 2.24) is 4.98 Å². The largest absolute Gasteiger partial charge is 0.441 e. The minimum Gasteiger partial charge on any atom is -0.441 e. The first-order valence-corrected chi connectivity index (χ1v) is 5.32. The van der Waals surface area contributed by atoms with E-state index < -0.39 is 6.10 Å². The fourth-order valence-corrected chi connectivity index (χ4v) is 1.65. The van der Waals surface area contributed by atoms with Gasteiger partial charge in [-0.1, -0.05) is 6.07 Å². The molecule has 2 rings (SSSR count). The molecule has 0 radical (unpaired) electrons. The summed E-state index contributed by atoms with van der Waals surface area (Å²) in [6.07, 6.45) is 0.0443. The van der Waals surface area contributed by atoms with Crippen LogP contribution in [0.1, 0.15) is 11.5 Å². The van der Waals surface area contributed by atoms with Gasteiger partial charge in [-0.3, -0.25) is 0 Å². The smallest absolute Gasteiger partial charge is 0.192 e. The first kappa shape index (κ1) is 10.5. The highest BCUT2D eigenvalue weighted by molar-refractivity contribution is 6.18. The molecule has 1 aromatic heterocycles. The van der Waals surface area contributed by atoms with Crippen LogP contribution < -0.4 is 0 Å². The Morgan fingerprint density at radius 3 is 3.07 bits per heavy atom. The van der Waals surface area contributed by atoms with E-state index in [9.17, 15) is 5.11 Å². The van der Waals surface area contributed by atoms with Crippen molar-refractivity contribution in [1.29, 1.82) is 0 Å². The Labute approximate surface area is 92.7 Å². The Hall–Kier alpha value is -1.06. The van der Waals surface area contributed by atoms with E-state index >= 15 is 0 Å². The zero-order chi connectivity index (χ0) is 10.8. The molecule has 1 heterocycles. The molecule has 0 aliphatic rings. The van der Waals surface area contributed by atoms with Gasteiger partial charge >= 0.3 is 0 Å². The number of hydrogen-bond acceptors (Lipinski definition) is 3. The van der Waals surface area contributed by atoms with E-state index in [0.717, 1.165) is 16.7 Å². The minimum absolute atomic E-state index is 0.246. The lowest BCUT2D eigenvalue weighted by Crippen LogP contribution is -2.11. The number of aromatic nitrogens is 1. The number of nitrogens with zero attached hydrogens (tertiary/aromatic N) is 1. The number of aliphatic hydroxyl groups is 1. The van der Waals surface area contributed by atoms with Crippen molar-refractivity contribution in [2.75, 3.05) is 5.88 Å². The molecule has 0 aliphatic carbocycles. The third-order valence-corrected chi connectivity index (χ3v) is 2.56. The van der Waals surface area contributed by atoms with E-state index in [1.807, 2.05) is 25.1 Å². The minimum atomic E-state index is -0.503. The number of hydrogen-bond donors (Lipinski definition) is 1. The molecule has 1 atom stereocenters. The summed E-state index contributed by atoms with van der Waals surface area (Å²) in [5, 5.41) is 9.41. The molecule has 2 aromatic rings. The standard InChI is InChI=1S/C11H12ClNO2/c1-7-13-10-5-8(4-9(14)6-12)2-3-11(10)15-7/h2-3,5,9,14H,4,6H2,1H3. The summed E-state index contributed by atoms with van der Waals surface area (Å²) in [7, 11) is 0. The number of alkyl halides is 1. The molecule has 3 nitrogen and oxygen atoms in total. The number of fused-ring (bicyclic) bond motifs is 1. The van der Waals surface area contributed by atoms with Gasteiger partial charge in [0.25, 0.3) is 0 Å². The molecule has 4 heteroatoms. The molecule has 1 aromatic carbocycles. The van der Waals surface area contributed by atoms with E-state index in [1.165, 1.54) is 0 Å². The highest BCUT2D eigenvalue weighted by atomic mass is 35.5. The number of aryl methyl sites for hydroxylation is 1. The molecule has 1 N–H and O–H groups in total. The number of halogens is 1. The summed E-state index contributed by atoms with van der Waals surface area (Å²) in [6, 6.07) is 5.70. The van der Waals surface area contributed by atoms with Crippen molar-refractivity contribution in [2.24, 2.45) is 0 Å². The predicted octanol–water partition coefficient (Wildman–Crippen LogP) is 2.28. The number of oxazole rings is 1. The van der Waals surface area contributed by atoms with Gasteiger partial charge < -0.3 is 9.52 Å². The van der Waals surface area contributed by atoms with Gasteiger partial charge in [0, 0.05) is 12.8 Å². The Bertz CT molecular complexity index is 467. The van der Waals surface area contributed by atoms with Crippen molar-refractivity contribution in [2.45, 2.75) is 19.4 Å². The van der Waals surface area contributed by atoms with Crippen molar-refractivity contribution in [3.8, 4) is 0 Å². The molecule has 0 bridgehead atoms. The molecular weight excluding hydrogens is 214 g/mol. The number of benzene rings is 1. The normalized spacial score (nSPS) is 13.3. The SMILES string of the molecule is Cc1nc2cc(CC(O)CCl)ccc2o1. The lowest BCUT2D eigenvalue weighted by molar-refractivity contribution is 0.199. The van der Waals surface area contributed by atoms with Gasteiger partial charge in [-0.15, -0.1) is 11.6 Å². The number of rotatable bonds is 3. The maximum Gasteiger partial charge on any atom is 0.192 e. The van der Waals surface area contributed by atoms with Crippen LogP contribution in [0, 0.1) is 6.92 Å². The Morgan fingerprint density at radius 1 is 1.53 bits per heavy atom. The zero-order valence-corrected chi connectivity index (χ0v) is 9.16. The molecule has 0 saturated heterocycles. The summed E-state index contributed by atoms with van der Waals surface area (Å²) in [6.45, 7) is 1.81. The van der Waals surface area contributed by atoms with E-state index in [0.29, 0.717) is 12.3 Å². The monoisotopic (exact) mass is 225 g/mol. The predicted molar refractivity (Wildman–Crippen MR) is 59.2 cm³/mol. The van der Waals surface area contributed by atoms with Gasteiger partial charge in [0.1, 0.15) is 5.52 Å². The molecule has 0 fully saturated rings. The summed E-state index contributed by atoms with van der Waals surface area (Å²) in [4.78, 5) is 4.23. The molecular formula is C11H12ClNO2. The lowest BCUT2D eigenvalue weighted by Gasteiger charge is -2.05. The van der Waals surface area contributed by atoms with Gasteiger partial charge in [0.2, 0.25) is 0 Å². The molecule has 1 unspecified atom stereocenters. The summed E-state index contributed by atoms with van der Waals surface area (Å²) in [5.74, 6) is 0.899. The Kier molecular flexibility index (Phi) is 2.93. The van der Waals surface area contributed by atoms with E-state index in [1.54, 1.807) is 0 Å². The van der Waals surface area contributed by atoms with Crippen LogP contribution in [0.3, 0.4) is 0 Å². The maximum atomic E-state index is 9.41. The highest BCUT2D eigenvalue weighted by Gasteiger charge is 2.07. The van der Waals surface area contributed by atoms with Crippen LogP contribution in [0.5, 0.6) is 0 Å². The van der Waals surface area contributed by atoms with E-state index in [-0.39, 0.29) is 5.88 Å². The second-order valence-electron chi connectivity index (χ2n) is 3.55. The topological polar surface area (TPSA) is 46.3 Å². The van der Waals surface area contributed by atoms with Crippen LogP contribution in [0.4, 0.5) is 0 Å². The van der Waals surface area contributed by atoms with Gasteiger partial charge in [-0.25, -0.2) is 4.98 Å². The lowest BCUT2D eigenvalue weighted by atomic mass is 10.1. The van der Waals surface area contributed by atoms with Gasteiger partial charge in [-0.05, 0) is 24.1 Å². The average Bonchev–Trinajstić information content (AvgIpc) is 2.57. The Balaban J connectivity index is 2.30. The second kappa shape index (κ2) is 4.21. The summed E-state index contributed by atoms with van der Waals surface area (Å²) in [5.41, 5.74) is 2.62. The third kappa shape index (κ3) is 2.30. The van der Waals surface area contributed by atoms with Gasteiger partial charge in [-0.2, -0.15) is 0 Å². The molecule has 0 amide bonds. The quantitative estimate of drug-likeness (QED) is 0.816. The molecule has 0 saturated carbocycles. The van der Waals surface area contributed by atoms with Gasteiger partial charge in [0.15, 0.2) is 11.5 Å². The average molecular weight is 226 g/mol. The third-order valence-electron chi connectivity index (χ3n) is 2.21. The maximum absolute atomic E-state index is 9.41. The van der Waals surface area contributed by atoms with Crippen LogP contribution in [0.2, 0.25) is 0 Å². The van der Waals surface area contributed by atoms with Crippen LogP contribution in [0.15, 0.2) is 22.6 Å².